The van der Waals surface area contributed by atoms with Gasteiger partial charge in [-0.1, -0.05) is 18.2 Å². The largest absolute Gasteiger partial charge is 0.300 e. The highest BCUT2D eigenvalue weighted by atomic mass is 19.1. The van der Waals surface area contributed by atoms with Crippen molar-refractivity contribution in [3.63, 3.8) is 0 Å². The molecule has 0 N–H and O–H groups in total. The van der Waals surface area contributed by atoms with Gasteiger partial charge in [-0.3, -0.25) is 4.79 Å². The van der Waals surface area contributed by atoms with Gasteiger partial charge in [-0.05, 0) is 74.6 Å². The van der Waals surface area contributed by atoms with Crippen molar-refractivity contribution in [1.29, 1.82) is 0 Å². The van der Waals surface area contributed by atoms with E-state index in [9.17, 15) is 9.18 Å². The molecule has 0 bridgehead atoms. The maximum absolute atomic E-state index is 13.3. The van der Waals surface area contributed by atoms with Crippen LogP contribution in [0, 0.1) is 19.7 Å². The average Bonchev–Trinajstić information content (AvgIpc) is 2.99. The summed E-state index contributed by atoms with van der Waals surface area (Å²) >= 11 is 0. The molecule has 4 heteroatoms. The number of nitrogens with zero attached hydrogens (tertiary/aromatic N) is 2. The van der Waals surface area contributed by atoms with Crippen molar-refractivity contribution < 1.29 is 9.18 Å². The first-order valence-electron chi connectivity index (χ1n) is 8.82. The third-order valence-electron chi connectivity index (χ3n) is 4.81. The zero-order valence-corrected chi connectivity index (χ0v) is 15.4. The number of Topliss-reactive ketones (excluding diaryl/α,β-unsaturated/α-hetero) is 1. The minimum Gasteiger partial charge on any atom is -0.300 e. The summed E-state index contributed by atoms with van der Waals surface area (Å²) in [5, 5.41) is 4.46. The van der Waals surface area contributed by atoms with Crippen LogP contribution in [0.1, 0.15) is 34.9 Å². The minimum absolute atomic E-state index is 0.108. The summed E-state index contributed by atoms with van der Waals surface area (Å²) in [5.41, 5.74) is 6.62. The van der Waals surface area contributed by atoms with Crippen molar-refractivity contribution >= 4 is 5.78 Å². The summed E-state index contributed by atoms with van der Waals surface area (Å²) in [6.45, 7) is 5.84. The number of ketones is 1. The van der Waals surface area contributed by atoms with E-state index in [4.69, 9.17) is 0 Å². The topological polar surface area (TPSA) is 34.9 Å². The maximum Gasteiger partial charge on any atom is 0.134 e. The molecule has 0 fully saturated rings. The molecule has 0 radical (unpaired) electrons. The molecule has 0 aliphatic heterocycles. The number of rotatable bonds is 6. The third-order valence-corrected chi connectivity index (χ3v) is 4.81. The normalized spacial score (nSPS) is 10.9. The molecule has 26 heavy (non-hydrogen) atoms. The van der Waals surface area contributed by atoms with Crippen molar-refractivity contribution in [3.8, 4) is 5.69 Å². The summed E-state index contributed by atoms with van der Waals surface area (Å²) in [6, 6.07) is 12.6. The second kappa shape index (κ2) is 7.65. The summed E-state index contributed by atoms with van der Waals surface area (Å²) in [7, 11) is 0. The van der Waals surface area contributed by atoms with Gasteiger partial charge in [0.2, 0.25) is 0 Å². The summed E-state index contributed by atoms with van der Waals surface area (Å²) in [6.07, 6.45) is 3.75. The van der Waals surface area contributed by atoms with Crippen molar-refractivity contribution in [2.75, 3.05) is 0 Å². The average molecular weight is 350 g/mol. The van der Waals surface area contributed by atoms with Gasteiger partial charge in [-0.25, -0.2) is 9.07 Å². The van der Waals surface area contributed by atoms with Gasteiger partial charge in [-0.15, -0.1) is 0 Å². The van der Waals surface area contributed by atoms with Crippen LogP contribution >= 0.6 is 0 Å². The van der Waals surface area contributed by atoms with Crippen molar-refractivity contribution in [3.05, 3.63) is 82.4 Å². The Hall–Kier alpha value is -2.75. The number of hydrogen-bond acceptors (Lipinski definition) is 2. The Morgan fingerprint density at radius 2 is 1.77 bits per heavy atom. The monoisotopic (exact) mass is 350 g/mol. The van der Waals surface area contributed by atoms with Gasteiger partial charge in [0.25, 0.3) is 0 Å². The molecule has 1 heterocycles. The van der Waals surface area contributed by atoms with Gasteiger partial charge >= 0.3 is 0 Å². The predicted octanol–water partition coefficient (Wildman–Crippen LogP) is 4.54. The Labute approximate surface area is 153 Å². The number of halogens is 1. The first kappa shape index (κ1) is 18.1. The molecular formula is C22H23FN2O. The lowest BCUT2D eigenvalue weighted by Crippen LogP contribution is -2.08. The van der Waals surface area contributed by atoms with Gasteiger partial charge in [0, 0.05) is 17.7 Å². The van der Waals surface area contributed by atoms with E-state index in [1.807, 2.05) is 4.68 Å². The first-order valence-corrected chi connectivity index (χ1v) is 8.82. The van der Waals surface area contributed by atoms with Crippen LogP contribution in [-0.2, 0) is 24.1 Å². The van der Waals surface area contributed by atoms with Crippen molar-refractivity contribution in [1.82, 2.24) is 9.78 Å². The van der Waals surface area contributed by atoms with E-state index in [0.29, 0.717) is 6.42 Å². The SMILES string of the molecule is CC(=O)Cc1cnn(-c2ccc(F)cc2)c1CCc1cccc(C)c1C. The van der Waals surface area contributed by atoms with Crippen LogP contribution in [0.5, 0.6) is 0 Å². The van der Waals surface area contributed by atoms with Crippen LogP contribution in [0.2, 0.25) is 0 Å². The number of carbonyl (C=O) groups excluding carboxylic acids is 1. The van der Waals surface area contributed by atoms with Crippen molar-refractivity contribution in [2.24, 2.45) is 0 Å². The standard InChI is InChI=1S/C22H23FN2O/c1-15-5-4-6-18(17(15)3)7-12-22-19(13-16(2)26)14-24-25(22)21-10-8-20(23)9-11-21/h4-6,8-11,14H,7,12-13H2,1-3H3. The van der Waals surface area contributed by atoms with Gasteiger partial charge in [-0.2, -0.15) is 5.10 Å². The number of aromatic nitrogens is 2. The van der Waals surface area contributed by atoms with Crippen LogP contribution in [0.15, 0.2) is 48.7 Å². The second-order valence-corrected chi connectivity index (χ2v) is 6.74. The molecule has 0 atom stereocenters. The van der Waals surface area contributed by atoms with Crippen LogP contribution in [0.4, 0.5) is 4.39 Å². The lowest BCUT2D eigenvalue weighted by Gasteiger charge is -2.12. The van der Waals surface area contributed by atoms with Crippen LogP contribution < -0.4 is 0 Å². The van der Waals surface area contributed by atoms with Gasteiger partial charge in [0.1, 0.15) is 11.6 Å². The first-order chi connectivity index (χ1) is 12.5. The van der Waals surface area contributed by atoms with E-state index in [1.165, 1.54) is 28.8 Å². The number of carbonyl (C=O) groups is 1. The van der Waals surface area contributed by atoms with Gasteiger partial charge < -0.3 is 0 Å². The zero-order chi connectivity index (χ0) is 18.7. The molecule has 3 nitrogen and oxygen atoms in total. The molecule has 0 aliphatic rings. The van der Waals surface area contributed by atoms with E-state index in [0.717, 1.165) is 29.8 Å². The van der Waals surface area contributed by atoms with E-state index >= 15 is 0 Å². The van der Waals surface area contributed by atoms with E-state index in [2.05, 4.69) is 37.1 Å². The predicted molar refractivity (Wildman–Crippen MR) is 101 cm³/mol. The summed E-state index contributed by atoms with van der Waals surface area (Å²) in [4.78, 5) is 11.6. The fraction of sp³-hybridized carbons (Fsp3) is 0.273. The van der Waals surface area contributed by atoms with Gasteiger partial charge in [0.15, 0.2) is 0 Å². The molecule has 1 aromatic heterocycles. The molecule has 134 valence electrons. The van der Waals surface area contributed by atoms with Gasteiger partial charge in [0.05, 0.1) is 11.9 Å². The minimum atomic E-state index is -0.276. The molecule has 0 amide bonds. The highest BCUT2D eigenvalue weighted by molar-refractivity contribution is 5.78. The summed E-state index contributed by atoms with van der Waals surface area (Å²) in [5.74, 6) is -0.168. The molecule has 3 rings (SSSR count). The Balaban J connectivity index is 1.94. The maximum atomic E-state index is 13.3. The fourth-order valence-electron chi connectivity index (χ4n) is 3.23. The molecule has 0 unspecified atom stereocenters. The van der Waals surface area contributed by atoms with Crippen LogP contribution in [-0.4, -0.2) is 15.6 Å². The van der Waals surface area contributed by atoms with Crippen LogP contribution in [0.3, 0.4) is 0 Å². The lowest BCUT2D eigenvalue weighted by molar-refractivity contribution is -0.116. The molecule has 0 saturated heterocycles. The summed E-state index contributed by atoms with van der Waals surface area (Å²) < 4.78 is 15.1. The Morgan fingerprint density at radius 3 is 2.46 bits per heavy atom. The zero-order valence-electron chi connectivity index (χ0n) is 15.4. The lowest BCUT2D eigenvalue weighted by atomic mass is 9.97. The molecule has 0 spiro atoms. The highest BCUT2D eigenvalue weighted by Gasteiger charge is 2.14. The Bertz CT molecular complexity index is 926. The highest BCUT2D eigenvalue weighted by Crippen LogP contribution is 2.21. The Morgan fingerprint density at radius 1 is 1.04 bits per heavy atom. The van der Waals surface area contributed by atoms with E-state index < -0.39 is 0 Å². The van der Waals surface area contributed by atoms with E-state index in [1.54, 1.807) is 25.3 Å². The number of aryl methyl sites for hydroxylation is 2. The Kier molecular flexibility index (Phi) is 5.31. The number of benzene rings is 2. The fourth-order valence-corrected chi connectivity index (χ4v) is 3.23. The third kappa shape index (κ3) is 3.90. The number of hydrogen-bond donors (Lipinski definition) is 0. The molecule has 0 saturated carbocycles. The molecular weight excluding hydrogens is 327 g/mol. The smallest absolute Gasteiger partial charge is 0.134 e. The second-order valence-electron chi connectivity index (χ2n) is 6.74. The van der Waals surface area contributed by atoms with E-state index in [-0.39, 0.29) is 11.6 Å². The molecule has 3 aromatic rings. The molecule has 2 aromatic carbocycles. The van der Waals surface area contributed by atoms with Crippen molar-refractivity contribution in [2.45, 2.75) is 40.0 Å². The van der Waals surface area contributed by atoms with Crippen LogP contribution in [0.25, 0.3) is 5.69 Å². The quantitative estimate of drug-likeness (QED) is 0.654. The molecule has 0 aliphatic carbocycles.